The van der Waals surface area contributed by atoms with Gasteiger partial charge in [0.2, 0.25) is 5.56 Å². The lowest BCUT2D eigenvalue weighted by atomic mass is 10.1. The van der Waals surface area contributed by atoms with Gasteiger partial charge >= 0.3 is 5.97 Å². The Kier molecular flexibility index (Phi) is 4.49. The number of hydrogen-bond acceptors (Lipinski definition) is 5. The number of ether oxygens (including phenoxy) is 1. The smallest absolute Gasteiger partial charge is 0.339 e. The van der Waals surface area contributed by atoms with Crippen LogP contribution in [0, 0.1) is 0 Å². The van der Waals surface area contributed by atoms with Crippen molar-refractivity contribution in [3.63, 3.8) is 0 Å². The number of amides is 2. The molecule has 4 rings (SSSR count). The van der Waals surface area contributed by atoms with E-state index in [1.165, 1.54) is 6.07 Å². The van der Waals surface area contributed by atoms with Crippen LogP contribution in [0.4, 0.5) is 0 Å². The molecule has 0 bridgehead atoms. The fraction of sp³-hybridized carbons (Fsp3) is 0.143. The summed E-state index contributed by atoms with van der Waals surface area (Å²) in [7, 11) is 0. The Balaban J connectivity index is 1.39. The lowest BCUT2D eigenvalue weighted by Gasteiger charge is -2.13. The van der Waals surface area contributed by atoms with E-state index in [4.69, 9.17) is 4.74 Å². The third-order valence-corrected chi connectivity index (χ3v) is 4.61. The molecule has 1 aliphatic rings. The maximum Gasteiger partial charge on any atom is 0.339 e. The summed E-state index contributed by atoms with van der Waals surface area (Å²) >= 11 is 0. The van der Waals surface area contributed by atoms with Crippen molar-refractivity contribution in [2.24, 2.45) is 0 Å². The Morgan fingerprint density at radius 2 is 1.57 bits per heavy atom. The predicted molar refractivity (Wildman–Crippen MR) is 101 cm³/mol. The molecule has 7 heteroatoms. The third-order valence-electron chi connectivity index (χ3n) is 4.61. The van der Waals surface area contributed by atoms with Gasteiger partial charge in [0.1, 0.15) is 0 Å². The van der Waals surface area contributed by atoms with Crippen LogP contribution >= 0.6 is 0 Å². The third kappa shape index (κ3) is 3.07. The largest absolute Gasteiger partial charge is 0.462 e. The summed E-state index contributed by atoms with van der Waals surface area (Å²) < 4.78 is 5.26. The highest BCUT2D eigenvalue weighted by atomic mass is 16.5. The number of para-hydroxylation sites is 1. The van der Waals surface area contributed by atoms with E-state index < -0.39 is 11.5 Å². The quantitative estimate of drug-likeness (QED) is 0.419. The van der Waals surface area contributed by atoms with Crippen molar-refractivity contribution < 1.29 is 19.1 Å². The fourth-order valence-corrected chi connectivity index (χ4v) is 3.28. The molecule has 2 heterocycles. The van der Waals surface area contributed by atoms with Crippen molar-refractivity contribution in [2.45, 2.75) is 6.42 Å². The van der Waals surface area contributed by atoms with Gasteiger partial charge in [0.15, 0.2) is 0 Å². The van der Waals surface area contributed by atoms with Gasteiger partial charge in [-0.3, -0.25) is 19.3 Å². The zero-order chi connectivity index (χ0) is 19.7. The molecule has 1 aliphatic heterocycles. The summed E-state index contributed by atoms with van der Waals surface area (Å²) in [4.78, 5) is 52.6. The van der Waals surface area contributed by atoms with Gasteiger partial charge in [0.25, 0.3) is 11.8 Å². The number of carbonyl (C=O) groups excluding carboxylic acids is 3. The minimum absolute atomic E-state index is 0.0212. The summed E-state index contributed by atoms with van der Waals surface area (Å²) in [6.07, 6.45) is 0.304. The second-order valence-corrected chi connectivity index (χ2v) is 6.39. The standard InChI is InChI=1S/C21H16N2O5/c24-18-12-16(13-6-3-4-9-17(13)22-18)21(27)28-11-5-10-23-19(25)14-7-1-2-8-15(14)20(23)26/h1-4,6-9,12H,5,10-11H2,(H,22,24). The first-order valence-corrected chi connectivity index (χ1v) is 8.80. The Morgan fingerprint density at radius 1 is 0.929 bits per heavy atom. The molecule has 2 aromatic carbocycles. The molecule has 2 amide bonds. The van der Waals surface area contributed by atoms with Gasteiger partial charge in [-0.25, -0.2) is 4.79 Å². The van der Waals surface area contributed by atoms with Crippen molar-refractivity contribution in [1.82, 2.24) is 9.88 Å². The Hall–Kier alpha value is -3.74. The molecule has 0 unspecified atom stereocenters. The number of fused-ring (bicyclic) bond motifs is 2. The summed E-state index contributed by atoms with van der Waals surface area (Å²) in [5.74, 6) is -1.30. The number of nitrogens with one attached hydrogen (secondary N) is 1. The first-order chi connectivity index (χ1) is 13.6. The average Bonchev–Trinajstić information content (AvgIpc) is 2.95. The molecule has 7 nitrogen and oxygen atoms in total. The number of carbonyl (C=O) groups is 3. The summed E-state index contributed by atoms with van der Waals surface area (Å²) in [5.41, 5.74) is 1.11. The Bertz CT molecular complexity index is 1130. The number of H-pyrrole nitrogens is 1. The van der Waals surface area contributed by atoms with Crippen LogP contribution < -0.4 is 5.56 Å². The summed E-state index contributed by atoms with van der Waals surface area (Å²) in [6.45, 7) is 0.170. The van der Waals surface area contributed by atoms with E-state index >= 15 is 0 Å². The van der Waals surface area contributed by atoms with E-state index in [9.17, 15) is 19.2 Å². The highest BCUT2D eigenvalue weighted by Gasteiger charge is 2.34. The van der Waals surface area contributed by atoms with E-state index in [-0.39, 0.29) is 30.5 Å². The van der Waals surface area contributed by atoms with Gasteiger partial charge in [-0.2, -0.15) is 0 Å². The van der Waals surface area contributed by atoms with Crippen LogP contribution in [-0.2, 0) is 4.74 Å². The molecular weight excluding hydrogens is 360 g/mol. The van der Waals surface area contributed by atoms with E-state index in [0.29, 0.717) is 28.5 Å². The van der Waals surface area contributed by atoms with Crippen LogP contribution in [0.2, 0.25) is 0 Å². The van der Waals surface area contributed by atoms with Gasteiger partial charge < -0.3 is 9.72 Å². The van der Waals surface area contributed by atoms with Gasteiger partial charge in [-0.1, -0.05) is 30.3 Å². The van der Waals surface area contributed by atoms with Crippen LogP contribution in [0.3, 0.4) is 0 Å². The van der Waals surface area contributed by atoms with Crippen molar-refractivity contribution in [1.29, 1.82) is 0 Å². The number of aromatic amines is 1. The van der Waals surface area contributed by atoms with Crippen LogP contribution in [0.5, 0.6) is 0 Å². The normalized spacial score (nSPS) is 13.1. The predicted octanol–water partition coefficient (Wildman–Crippen LogP) is 2.37. The molecule has 1 aromatic heterocycles. The lowest BCUT2D eigenvalue weighted by molar-refractivity contribution is 0.0484. The van der Waals surface area contributed by atoms with E-state index in [1.54, 1.807) is 48.5 Å². The van der Waals surface area contributed by atoms with Crippen molar-refractivity contribution in [2.75, 3.05) is 13.2 Å². The Labute approximate surface area is 159 Å². The van der Waals surface area contributed by atoms with Crippen molar-refractivity contribution in [3.8, 4) is 0 Å². The summed E-state index contributed by atoms with van der Waals surface area (Å²) in [5, 5.41) is 0.590. The maximum atomic E-state index is 12.4. The van der Waals surface area contributed by atoms with Gasteiger partial charge in [0.05, 0.1) is 23.3 Å². The van der Waals surface area contributed by atoms with Crippen molar-refractivity contribution in [3.05, 3.63) is 81.6 Å². The number of nitrogens with zero attached hydrogens (tertiary/aromatic N) is 1. The van der Waals surface area contributed by atoms with Crippen molar-refractivity contribution >= 4 is 28.7 Å². The molecule has 0 atom stereocenters. The maximum absolute atomic E-state index is 12.4. The van der Waals surface area contributed by atoms with Crippen LogP contribution in [0.15, 0.2) is 59.4 Å². The van der Waals surface area contributed by atoms with Crippen LogP contribution in [0.25, 0.3) is 10.9 Å². The second-order valence-electron chi connectivity index (χ2n) is 6.39. The molecule has 0 radical (unpaired) electrons. The first kappa shape index (κ1) is 17.7. The molecule has 140 valence electrons. The highest BCUT2D eigenvalue weighted by Crippen LogP contribution is 2.22. The number of pyridine rings is 1. The lowest BCUT2D eigenvalue weighted by Crippen LogP contribution is -2.31. The molecule has 0 saturated heterocycles. The van der Waals surface area contributed by atoms with Crippen LogP contribution in [-0.4, -0.2) is 40.8 Å². The van der Waals surface area contributed by atoms with E-state index in [1.807, 2.05) is 0 Å². The van der Waals surface area contributed by atoms with Crippen LogP contribution in [0.1, 0.15) is 37.5 Å². The average molecular weight is 376 g/mol. The SMILES string of the molecule is O=C(OCCCN1C(=O)c2ccccc2C1=O)c1cc(=O)[nH]c2ccccc12. The minimum atomic E-state index is -0.621. The Morgan fingerprint density at radius 3 is 2.29 bits per heavy atom. The number of rotatable bonds is 5. The number of aromatic nitrogens is 1. The van der Waals surface area contributed by atoms with Gasteiger partial charge in [0, 0.05) is 23.5 Å². The van der Waals surface area contributed by atoms with E-state index in [2.05, 4.69) is 4.98 Å². The molecule has 28 heavy (non-hydrogen) atoms. The molecule has 0 aliphatic carbocycles. The number of imide groups is 1. The first-order valence-electron chi connectivity index (χ1n) is 8.80. The van der Waals surface area contributed by atoms with E-state index in [0.717, 1.165) is 4.90 Å². The molecule has 0 fully saturated rings. The molecule has 1 N–H and O–H groups in total. The second kappa shape index (κ2) is 7.11. The number of benzene rings is 2. The zero-order valence-electron chi connectivity index (χ0n) is 14.8. The van der Waals surface area contributed by atoms with Gasteiger partial charge in [-0.05, 0) is 24.6 Å². The molecule has 0 spiro atoms. The number of esters is 1. The number of hydrogen-bond donors (Lipinski definition) is 1. The molecular formula is C21H16N2O5. The summed E-state index contributed by atoms with van der Waals surface area (Å²) in [6, 6.07) is 14.8. The monoisotopic (exact) mass is 376 g/mol. The fourth-order valence-electron chi connectivity index (χ4n) is 3.28. The molecule has 0 saturated carbocycles. The van der Waals surface area contributed by atoms with Gasteiger partial charge in [-0.15, -0.1) is 0 Å². The topological polar surface area (TPSA) is 96.5 Å². The highest BCUT2D eigenvalue weighted by molar-refractivity contribution is 6.21. The molecule has 3 aromatic rings. The minimum Gasteiger partial charge on any atom is -0.462 e. The zero-order valence-corrected chi connectivity index (χ0v) is 14.8.